The average molecular weight is 242 g/mol. The van der Waals surface area contributed by atoms with E-state index in [0.717, 1.165) is 19.5 Å². The van der Waals surface area contributed by atoms with E-state index in [4.69, 9.17) is 4.74 Å². The van der Waals surface area contributed by atoms with Crippen LogP contribution in [0.4, 0.5) is 0 Å². The lowest BCUT2D eigenvalue weighted by Crippen LogP contribution is -2.38. The number of nitrogens with one attached hydrogen (secondary N) is 2. The maximum Gasteiger partial charge on any atom is 0.246 e. The highest BCUT2D eigenvalue weighted by atomic mass is 16.5. The largest absolute Gasteiger partial charge is 0.366 e. The number of hydrogen-bond donors (Lipinski definition) is 2. The van der Waals surface area contributed by atoms with E-state index < -0.39 is 0 Å². The second kappa shape index (κ2) is 6.97. The van der Waals surface area contributed by atoms with Gasteiger partial charge in [-0.1, -0.05) is 6.42 Å². The lowest BCUT2D eigenvalue weighted by Gasteiger charge is -2.23. The number of hydrogen-bond acceptors (Lipinski definition) is 3. The molecule has 1 aliphatic rings. The van der Waals surface area contributed by atoms with Crippen molar-refractivity contribution in [3.05, 3.63) is 0 Å². The van der Waals surface area contributed by atoms with Gasteiger partial charge < -0.3 is 15.4 Å². The van der Waals surface area contributed by atoms with Crippen molar-refractivity contribution in [2.24, 2.45) is 0 Å². The zero-order chi connectivity index (χ0) is 12.7. The van der Waals surface area contributed by atoms with Gasteiger partial charge in [0.25, 0.3) is 0 Å². The Morgan fingerprint density at radius 2 is 2.18 bits per heavy atom. The van der Waals surface area contributed by atoms with Crippen LogP contribution < -0.4 is 10.6 Å². The van der Waals surface area contributed by atoms with E-state index in [0.29, 0.717) is 6.04 Å². The van der Waals surface area contributed by atoms with E-state index in [-0.39, 0.29) is 18.1 Å². The quantitative estimate of drug-likeness (QED) is 0.767. The molecule has 17 heavy (non-hydrogen) atoms. The summed E-state index contributed by atoms with van der Waals surface area (Å²) >= 11 is 0. The first kappa shape index (κ1) is 14.5. The van der Waals surface area contributed by atoms with Gasteiger partial charge in [0.2, 0.25) is 5.91 Å². The Kier molecular flexibility index (Phi) is 5.92. The van der Waals surface area contributed by atoms with Crippen LogP contribution in [0.15, 0.2) is 0 Å². The Bertz CT molecular complexity index is 230. The highest BCUT2D eigenvalue weighted by Crippen LogP contribution is 2.09. The molecular formula is C13H26N2O2. The summed E-state index contributed by atoms with van der Waals surface area (Å²) in [7, 11) is 0. The van der Waals surface area contributed by atoms with Crippen molar-refractivity contribution in [3.63, 3.8) is 0 Å². The van der Waals surface area contributed by atoms with Crippen molar-refractivity contribution in [1.82, 2.24) is 10.6 Å². The van der Waals surface area contributed by atoms with Gasteiger partial charge in [0.1, 0.15) is 6.61 Å². The molecule has 0 spiro atoms. The van der Waals surface area contributed by atoms with Crippen LogP contribution in [-0.2, 0) is 9.53 Å². The van der Waals surface area contributed by atoms with E-state index in [1.807, 2.05) is 20.8 Å². The van der Waals surface area contributed by atoms with E-state index in [9.17, 15) is 4.79 Å². The van der Waals surface area contributed by atoms with Gasteiger partial charge in [-0.25, -0.2) is 0 Å². The molecule has 2 N–H and O–H groups in total. The lowest BCUT2D eigenvalue weighted by molar-refractivity contribution is -0.130. The smallest absolute Gasteiger partial charge is 0.246 e. The summed E-state index contributed by atoms with van der Waals surface area (Å²) in [5, 5.41) is 6.37. The van der Waals surface area contributed by atoms with Crippen molar-refractivity contribution in [3.8, 4) is 0 Å². The third-order valence-electron chi connectivity index (χ3n) is 2.86. The fourth-order valence-corrected chi connectivity index (χ4v) is 1.89. The summed E-state index contributed by atoms with van der Waals surface area (Å²) in [6.45, 7) is 7.86. The summed E-state index contributed by atoms with van der Waals surface area (Å²) < 4.78 is 5.41. The van der Waals surface area contributed by atoms with E-state index >= 15 is 0 Å². The molecule has 0 radical (unpaired) electrons. The van der Waals surface area contributed by atoms with Gasteiger partial charge in [-0.2, -0.15) is 0 Å². The Labute approximate surface area is 104 Å². The molecule has 1 aliphatic heterocycles. The molecule has 0 saturated carbocycles. The van der Waals surface area contributed by atoms with Gasteiger partial charge in [0, 0.05) is 12.6 Å². The third-order valence-corrected chi connectivity index (χ3v) is 2.86. The van der Waals surface area contributed by atoms with Crippen LogP contribution in [0.2, 0.25) is 0 Å². The first-order chi connectivity index (χ1) is 7.97. The molecule has 0 bridgehead atoms. The highest BCUT2D eigenvalue weighted by Gasteiger charge is 2.14. The average Bonchev–Trinajstić information content (AvgIpc) is 2.27. The van der Waals surface area contributed by atoms with Crippen molar-refractivity contribution in [1.29, 1.82) is 0 Å². The number of carbonyl (C=O) groups is 1. The zero-order valence-electron chi connectivity index (χ0n) is 11.3. The monoisotopic (exact) mass is 242 g/mol. The van der Waals surface area contributed by atoms with Gasteiger partial charge in [-0.15, -0.1) is 0 Å². The van der Waals surface area contributed by atoms with Crippen molar-refractivity contribution < 1.29 is 9.53 Å². The minimum Gasteiger partial charge on any atom is -0.366 e. The highest BCUT2D eigenvalue weighted by molar-refractivity contribution is 5.77. The standard InChI is InChI=1S/C13H26N2O2/c1-13(2,3)17-10-12(16)15-9-7-11-6-4-5-8-14-11/h11,14H,4-10H2,1-3H3,(H,15,16). The summed E-state index contributed by atoms with van der Waals surface area (Å²) in [5.74, 6) is -0.0178. The molecule has 0 aromatic carbocycles. The maximum atomic E-state index is 11.5. The minimum atomic E-state index is -0.248. The molecule has 4 heteroatoms. The summed E-state index contributed by atoms with van der Waals surface area (Å²) in [6, 6.07) is 0.576. The molecule has 1 rings (SSSR count). The predicted molar refractivity (Wildman–Crippen MR) is 69.0 cm³/mol. The van der Waals surface area contributed by atoms with E-state index in [1.54, 1.807) is 0 Å². The predicted octanol–water partition coefficient (Wildman–Crippen LogP) is 1.45. The molecule has 4 nitrogen and oxygen atoms in total. The first-order valence-corrected chi connectivity index (χ1v) is 6.61. The number of amides is 1. The summed E-state index contributed by atoms with van der Waals surface area (Å²) in [5.41, 5.74) is -0.248. The minimum absolute atomic E-state index is 0.0178. The van der Waals surface area contributed by atoms with Crippen LogP contribution in [0, 0.1) is 0 Å². The summed E-state index contributed by atoms with van der Waals surface area (Å²) in [4.78, 5) is 11.5. The van der Waals surface area contributed by atoms with Crippen molar-refractivity contribution in [2.75, 3.05) is 19.7 Å². The normalized spacial score (nSPS) is 21.2. The Hall–Kier alpha value is -0.610. The van der Waals surface area contributed by atoms with Gasteiger partial charge in [-0.3, -0.25) is 4.79 Å². The van der Waals surface area contributed by atoms with Crippen LogP contribution in [0.25, 0.3) is 0 Å². The number of rotatable bonds is 5. The van der Waals surface area contributed by atoms with Crippen molar-refractivity contribution >= 4 is 5.91 Å². The third kappa shape index (κ3) is 7.34. The molecule has 0 aromatic rings. The van der Waals surface area contributed by atoms with Crippen molar-refractivity contribution in [2.45, 2.75) is 58.1 Å². The summed E-state index contributed by atoms with van der Waals surface area (Å²) in [6.07, 6.45) is 4.83. The zero-order valence-corrected chi connectivity index (χ0v) is 11.3. The van der Waals surface area contributed by atoms with Crippen LogP contribution in [-0.4, -0.2) is 37.2 Å². The van der Waals surface area contributed by atoms with Crippen LogP contribution >= 0.6 is 0 Å². The van der Waals surface area contributed by atoms with E-state index in [2.05, 4.69) is 10.6 Å². The van der Waals surface area contributed by atoms with Gasteiger partial charge in [0.15, 0.2) is 0 Å². The molecule has 0 aliphatic carbocycles. The second-order valence-corrected chi connectivity index (χ2v) is 5.69. The second-order valence-electron chi connectivity index (χ2n) is 5.69. The molecule has 1 atom stereocenters. The first-order valence-electron chi connectivity index (χ1n) is 6.61. The Morgan fingerprint density at radius 1 is 1.41 bits per heavy atom. The number of ether oxygens (including phenoxy) is 1. The Morgan fingerprint density at radius 3 is 2.76 bits per heavy atom. The maximum absolute atomic E-state index is 11.5. The fraction of sp³-hybridized carbons (Fsp3) is 0.923. The number of carbonyl (C=O) groups excluding carboxylic acids is 1. The lowest BCUT2D eigenvalue weighted by atomic mass is 10.0. The van der Waals surface area contributed by atoms with Crippen LogP contribution in [0.3, 0.4) is 0 Å². The van der Waals surface area contributed by atoms with Gasteiger partial charge >= 0.3 is 0 Å². The molecule has 1 amide bonds. The van der Waals surface area contributed by atoms with Gasteiger partial charge in [-0.05, 0) is 46.6 Å². The molecule has 1 heterocycles. The SMILES string of the molecule is CC(C)(C)OCC(=O)NCCC1CCCCN1. The molecule has 1 fully saturated rings. The van der Waals surface area contributed by atoms with E-state index in [1.165, 1.54) is 19.3 Å². The van der Waals surface area contributed by atoms with Crippen LogP contribution in [0.1, 0.15) is 46.5 Å². The molecule has 100 valence electrons. The molecular weight excluding hydrogens is 216 g/mol. The van der Waals surface area contributed by atoms with Crippen LogP contribution in [0.5, 0.6) is 0 Å². The number of piperidine rings is 1. The fourth-order valence-electron chi connectivity index (χ4n) is 1.89. The molecule has 1 saturated heterocycles. The Balaban J connectivity index is 2.03. The molecule has 0 aromatic heterocycles. The molecule has 1 unspecified atom stereocenters. The topological polar surface area (TPSA) is 50.4 Å². The van der Waals surface area contributed by atoms with Gasteiger partial charge in [0.05, 0.1) is 5.60 Å².